The van der Waals surface area contributed by atoms with Crippen LogP contribution < -0.4 is 0 Å². The predicted octanol–water partition coefficient (Wildman–Crippen LogP) is 3.03. The van der Waals surface area contributed by atoms with Crippen LogP contribution in [0, 0.1) is 0 Å². The molecule has 0 N–H and O–H groups in total. The highest BCUT2D eigenvalue weighted by molar-refractivity contribution is 5.98. The Morgan fingerprint density at radius 2 is 2.26 bits per heavy atom. The highest BCUT2D eigenvalue weighted by Gasteiger charge is 2.32. The summed E-state index contributed by atoms with van der Waals surface area (Å²) in [6.07, 6.45) is 5.76. The number of fused-ring (bicyclic) bond motifs is 1. The molecule has 1 heterocycles. The zero-order valence-corrected chi connectivity index (χ0v) is 10.7. The smallest absolute Gasteiger partial charge is 0.254 e. The summed E-state index contributed by atoms with van der Waals surface area (Å²) in [5, 5.41) is 1.00. The molecule has 19 heavy (non-hydrogen) atoms. The molecule has 1 aromatic heterocycles. The number of benzene rings is 1. The fraction of sp³-hybridized carbons (Fsp3) is 0.250. The Hall–Kier alpha value is -2.16. The third-order valence-electron chi connectivity index (χ3n) is 3.42. The second-order valence-electron chi connectivity index (χ2n) is 4.89. The normalized spacial score (nSPS) is 14.3. The van der Waals surface area contributed by atoms with Crippen molar-refractivity contribution in [3.05, 3.63) is 54.7 Å². The first-order valence-corrected chi connectivity index (χ1v) is 6.56. The standard InChI is InChI=1S/C16H16N2O/c1-2-10-18(14-6-7-14)16(19)13-5-8-15-12(11-13)4-3-9-17-15/h2-5,8-9,11,14H,1,6-7,10H2. The van der Waals surface area contributed by atoms with E-state index in [0.29, 0.717) is 12.6 Å². The highest BCUT2D eigenvalue weighted by Crippen LogP contribution is 2.28. The molecule has 0 bridgehead atoms. The number of carbonyl (C=O) groups excluding carboxylic acids is 1. The molecule has 1 aliphatic carbocycles. The SMILES string of the molecule is C=CCN(C(=O)c1ccc2ncccc2c1)C1CC1. The highest BCUT2D eigenvalue weighted by atomic mass is 16.2. The third kappa shape index (κ3) is 2.36. The van der Waals surface area contributed by atoms with E-state index in [1.54, 1.807) is 12.3 Å². The van der Waals surface area contributed by atoms with E-state index in [2.05, 4.69) is 11.6 Å². The first-order valence-electron chi connectivity index (χ1n) is 6.56. The van der Waals surface area contributed by atoms with Gasteiger partial charge >= 0.3 is 0 Å². The van der Waals surface area contributed by atoms with Crippen molar-refractivity contribution in [3.8, 4) is 0 Å². The van der Waals surface area contributed by atoms with Gasteiger partial charge in [-0.2, -0.15) is 0 Å². The minimum absolute atomic E-state index is 0.0909. The van der Waals surface area contributed by atoms with Crippen molar-refractivity contribution in [2.24, 2.45) is 0 Å². The fourth-order valence-corrected chi connectivity index (χ4v) is 2.30. The first-order chi connectivity index (χ1) is 9.29. The molecule has 0 radical (unpaired) electrons. The molecule has 1 fully saturated rings. The number of amides is 1. The second kappa shape index (κ2) is 4.84. The molecule has 0 spiro atoms. The van der Waals surface area contributed by atoms with Gasteiger partial charge in [0.25, 0.3) is 5.91 Å². The van der Waals surface area contributed by atoms with E-state index >= 15 is 0 Å². The lowest BCUT2D eigenvalue weighted by molar-refractivity contribution is 0.0763. The maximum Gasteiger partial charge on any atom is 0.254 e. The number of hydrogen-bond donors (Lipinski definition) is 0. The number of aromatic nitrogens is 1. The summed E-state index contributed by atoms with van der Waals surface area (Å²) >= 11 is 0. The summed E-state index contributed by atoms with van der Waals surface area (Å²) in [6, 6.07) is 9.95. The molecule has 0 saturated heterocycles. The minimum Gasteiger partial charge on any atom is -0.332 e. The number of pyridine rings is 1. The number of hydrogen-bond acceptors (Lipinski definition) is 2. The summed E-state index contributed by atoms with van der Waals surface area (Å²) in [4.78, 5) is 18.7. The lowest BCUT2D eigenvalue weighted by Crippen LogP contribution is -2.33. The van der Waals surface area contributed by atoms with E-state index in [1.165, 1.54) is 0 Å². The maximum absolute atomic E-state index is 12.5. The van der Waals surface area contributed by atoms with Gasteiger partial charge in [0.1, 0.15) is 0 Å². The first kappa shape index (κ1) is 11.9. The molecule has 3 rings (SSSR count). The van der Waals surface area contributed by atoms with Crippen molar-refractivity contribution in [2.75, 3.05) is 6.54 Å². The van der Waals surface area contributed by atoms with Crippen molar-refractivity contribution in [3.63, 3.8) is 0 Å². The Labute approximate surface area is 112 Å². The summed E-state index contributed by atoms with van der Waals surface area (Å²) in [7, 11) is 0. The molecule has 1 amide bonds. The maximum atomic E-state index is 12.5. The van der Waals surface area contributed by atoms with Gasteiger partial charge in [0.2, 0.25) is 0 Å². The number of nitrogens with zero attached hydrogens (tertiary/aromatic N) is 2. The zero-order chi connectivity index (χ0) is 13.2. The van der Waals surface area contributed by atoms with Crippen LogP contribution in [-0.2, 0) is 0 Å². The van der Waals surface area contributed by atoms with Crippen LogP contribution in [0.3, 0.4) is 0 Å². The van der Waals surface area contributed by atoms with Crippen molar-refractivity contribution < 1.29 is 4.79 Å². The monoisotopic (exact) mass is 252 g/mol. The Morgan fingerprint density at radius 1 is 1.42 bits per heavy atom. The van der Waals surface area contributed by atoms with Crippen LogP contribution in [0.15, 0.2) is 49.2 Å². The molecule has 1 aliphatic rings. The van der Waals surface area contributed by atoms with Crippen LogP contribution in [0.2, 0.25) is 0 Å². The van der Waals surface area contributed by atoms with Gasteiger partial charge in [-0.05, 0) is 37.1 Å². The molecule has 0 atom stereocenters. The van der Waals surface area contributed by atoms with Crippen molar-refractivity contribution in [2.45, 2.75) is 18.9 Å². The van der Waals surface area contributed by atoms with Gasteiger partial charge in [0.05, 0.1) is 5.52 Å². The number of carbonyl (C=O) groups is 1. The summed E-state index contributed by atoms with van der Waals surface area (Å²) in [5.41, 5.74) is 1.65. The van der Waals surface area contributed by atoms with Crippen LogP contribution in [0.5, 0.6) is 0 Å². The largest absolute Gasteiger partial charge is 0.332 e. The van der Waals surface area contributed by atoms with E-state index < -0.39 is 0 Å². The Bertz CT molecular complexity index is 631. The Kier molecular flexibility index (Phi) is 3.03. The van der Waals surface area contributed by atoms with E-state index in [0.717, 1.165) is 29.3 Å². The minimum atomic E-state index is 0.0909. The molecule has 1 saturated carbocycles. The Balaban J connectivity index is 1.93. The van der Waals surface area contributed by atoms with Gasteiger partial charge in [-0.15, -0.1) is 6.58 Å². The summed E-state index contributed by atoms with van der Waals surface area (Å²) in [6.45, 7) is 4.35. The molecule has 0 unspecified atom stereocenters. The second-order valence-corrected chi connectivity index (χ2v) is 4.89. The van der Waals surface area contributed by atoms with E-state index in [9.17, 15) is 4.79 Å². The van der Waals surface area contributed by atoms with Crippen LogP contribution in [0.25, 0.3) is 10.9 Å². The third-order valence-corrected chi connectivity index (χ3v) is 3.42. The summed E-state index contributed by atoms with van der Waals surface area (Å²) < 4.78 is 0. The fourth-order valence-electron chi connectivity index (χ4n) is 2.30. The molecular weight excluding hydrogens is 236 g/mol. The molecule has 3 heteroatoms. The van der Waals surface area contributed by atoms with E-state index in [4.69, 9.17) is 0 Å². The van der Waals surface area contributed by atoms with Crippen molar-refractivity contribution in [1.29, 1.82) is 0 Å². The lowest BCUT2D eigenvalue weighted by Gasteiger charge is -2.20. The number of rotatable bonds is 4. The predicted molar refractivity (Wildman–Crippen MR) is 76.0 cm³/mol. The zero-order valence-electron chi connectivity index (χ0n) is 10.7. The van der Waals surface area contributed by atoms with E-state index in [1.807, 2.05) is 35.2 Å². The topological polar surface area (TPSA) is 33.2 Å². The average Bonchev–Trinajstić information content (AvgIpc) is 3.28. The molecule has 0 aliphatic heterocycles. The lowest BCUT2D eigenvalue weighted by atomic mass is 10.1. The Morgan fingerprint density at radius 3 is 3.00 bits per heavy atom. The summed E-state index contributed by atoms with van der Waals surface area (Å²) in [5.74, 6) is 0.0909. The molecular formula is C16H16N2O. The van der Waals surface area contributed by atoms with Gasteiger partial charge in [0.15, 0.2) is 0 Å². The quantitative estimate of drug-likeness (QED) is 0.784. The van der Waals surface area contributed by atoms with Gasteiger partial charge in [-0.3, -0.25) is 9.78 Å². The van der Waals surface area contributed by atoms with Crippen molar-refractivity contribution >= 4 is 16.8 Å². The van der Waals surface area contributed by atoms with Crippen LogP contribution in [0.1, 0.15) is 23.2 Å². The van der Waals surface area contributed by atoms with Gasteiger partial charge in [0, 0.05) is 29.7 Å². The molecule has 2 aromatic rings. The van der Waals surface area contributed by atoms with Gasteiger partial charge in [-0.25, -0.2) is 0 Å². The van der Waals surface area contributed by atoms with Gasteiger partial charge < -0.3 is 4.90 Å². The van der Waals surface area contributed by atoms with Crippen LogP contribution in [-0.4, -0.2) is 28.4 Å². The van der Waals surface area contributed by atoms with Gasteiger partial charge in [-0.1, -0.05) is 12.1 Å². The van der Waals surface area contributed by atoms with E-state index in [-0.39, 0.29) is 5.91 Å². The molecule has 3 nitrogen and oxygen atoms in total. The molecule has 96 valence electrons. The molecule has 1 aromatic carbocycles. The average molecular weight is 252 g/mol. The van der Waals surface area contributed by atoms with Crippen LogP contribution in [0.4, 0.5) is 0 Å². The van der Waals surface area contributed by atoms with Crippen LogP contribution >= 0.6 is 0 Å². The van der Waals surface area contributed by atoms with Crippen molar-refractivity contribution in [1.82, 2.24) is 9.88 Å².